The number of H-pyrrole nitrogens is 4. The third-order valence-electron chi connectivity index (χ3n) is 3.76. The molecule has 0 aliphatic carbocycles. The van der Waals surface area contributed by atoms with Gasteiger partial charge >= 0.3 is 11.4 Å². The Morgan fingerprint density at radius 3 is 1.65 bits per heavy atom. The zero-order valence-electron chi connectivity index (χ0n) is 12.9. The number of hydrogen-bond donors (Lipinski definition) is 4. The molecule has 4 N–H and O–H groups in total. The minimum absolute atomic E-state index is 0.0241. The molecule has 2 heterocycles. The fourth-order valence-corrected chi connectivity index (χ4v) is 2.58. The highest BCUT2D eigenvalue weighted by Gasteiger charge is 2.24. The van der Waals surface area contributed by atoms with Crippen LogP contribution < -0.4 is 22.5 Å². The van der Waals surface area contributed by atoms with Gasteiger partial charge in [-0.2, -0.15) is 0 Å². The zero-order chi connectivity index (χ0) is 18.8. The third-order valence-corrected chi connectivity index (χ3v) is 3.76. The van der Waals surface area contributed by atoms with Crippen molar-refractivity contribution in [2.75, 3.05) is 0 Å². The van der Waals surface area contributed by atoms with Gasteiger partial charge in [-0.15, -0.1) is 0 Å². The molecule has 3 aromatic rings. The van der Waals surface area contributed by atoms with E-state index in [-0.39, 0.29) is 16.8 Å². The van der Waals surface area contributed by atoms with Crippen molar-refractivity contribution in [3.05, 3.63) is 105 Å². The van der Waals surface area contributed by atoms with Crippen LogP contribution in [0.4, 0.5) is 5.69 Å². The van der Waals surface area contributed by atoms with Crippen molar-refractivity contribution in [2.45, 2.75) is 5.92 Å². The first-order valence-electron chi connectivity index (χ1n) is 7.25. The Bertz CT molecular complexity index is 1130. The summed E-state index contributed by atoms with van der Waals surface area (Å²) in [6.45, 7) is 0. The number of nitro groups is 1. The molecule has 0 fully saturated rings. The summed E-state index contributed by atoms with van der Waals surface area (Å²) in [6, 6.07) is 5.22. The van der Waals surface area contributed by atoms with Crippen LogP contribution in [0.5, 0.6) is 0 Å². The first-order valence-corrected chi connectivity index (χ1v) is 7.25. The number of non-ortho nitro benzene ring substituents is 1. The van der Waals surface area contributed by atoms with Gasteiger partial charge in [-0.3, -0.25) is 29.7 Å². The molecule has 132 valence electrons. The molecule has 11 heteroatoms. The number of rotatable bonds is 4. The van der Waals surface area contributed by atoms with Crippen LogP contribution >= 0.6 is 0 Å². The SMILES string of the molecule is O=c1[nH]cc(C(c2ccc([N+](=O)[O-])cc2)c2c[nH]c(=O)[nH]c2=O)c(=O)[nH]1. The topological polar surface area (TPSA) is 175 Å². The Balaban J connectivity index is 2.26. The Labute approximate surface area is 142 Å². The molecule has 0 spiro atoms. The summed E-state index contributed by atoms with van der Waals surface area (Å²) < 4.78 is 0. The fourth-order valence-electron chi connectivity index (χ4n) is 2.58. The van der Waals surface area contributed by atoms with Crippen LogP contribution in [-0.2, 0) is 0 Å². The molecule has 2 aromatic heterocycles. The summed E-state index contributed by atoms with van der Waals surface area (Å²) in [5.41, 5.74) is -2.66. The van der Waals surface area contributed by atoms with Gasteiger partial charge in [0.05, 0.1) is 4.92 Å². The normalized spacial score (nSPS) is 10.8. The second-order valence-electron chi connectivity index (χ2n) is 5.34. The maximum absolute atomic E-state index is 12.2. The highest BCUT2D eigenvalue weighted by molar-refractivity contribution is 5.43. The molecule has 0 saturated heterocycles. The lowest BCUT2D eigenvalue weighted by Gasteiger charge is -2.16. The number of nitro benzene ring substituents is 1. The smallest absolute Gasteiger partial charge is 0.314 e. The molecule has 0 bridgehead atoms. The maximum Gasteiger partial charge on any atom is 0.325 e. The highest BCUT2D eigenvalue weighted by Crippen LogP contribution is 2.28. The van der Waals surface area contributed by atoms with Crippen molar-refractivity contribution in [3.8, 4) is 0 Å². The van der Waals surface area contributed by atoms with Gasteiger partial charge in [-0.25, -0.2) is 9.59 Å². The lowest BCUT2D eigenvalue weighted by atomic mass is 9.87. The van der Waals surface area contributed by atoms with Gasteiger partial charge in [0.1, 0.15) is 0 Å². The van der Waals surface area contributed by atoms with E-state index in [4.69, 9.17) is 0 Å². The molecular weight excluding hydrogens is 346 g/mol. The van der Waals surface area contributed by atoms with Crippen LogP contribution in [0.1, 0.15) is 22.6 Å². The first-order chi connectivity index (χ1) is 12.4. The van der Waals surface area contributed by atoms with E-state index in [1.165, 1.54) is 24.3 Å². The van der Waals surface area contributed by atoms with E-state index in [1.54, 1.807) is 0 Å². The minimum atomic E-state index is -0.975. The molecule has 11 nitrogen and oxygen atoms in total. The maximum atomic E-state index is 12.2. The average Bonchev–Trinajstić information content (AvgIpc) is 2.59. The lowest BCUT2D eigenvalue weighted by Crippen LogP contribution is -2.31. The minimum Gasteiger partial charge on any atom is -0.314 e. The molecule has 1 aromatic carbocycles. The summed E-state index contributed by atoms with van der Waals surface area (Å²) in [6.07, 6.45) is 2.30. The van der Waals surface area contributed by atoms with Crippen molar-refractivity contribution >= 4 is 5.69 Å². The third kappa shape index (κ3) is 3.13. The Hall–Kier alpha value is -4.02. The molecule has 0 amide bonds. The molecule has 0 aliphatic heterocycles. The number of nitrogens with one attached hydrogen (secondary N) is 4. The Morgan fingerprint density at radius 1 is 0.808 bits per heavy atom. The van der Waals surface area contributed by atoms with Gasteiger partial charge in [0, 0.05) is 41.6 Å². The van der Waals surface area contributed by atoms with Crippen molar-refractivity contribution < 1.29 is 4.92 Å². The zero-order valence-corrected chi connectivity index (χ0v) is 12.9. The number of aromatic amines is 4. The predicted molar refractivity (Wildman–Crippen MR) is 89.4 cm³/mol. The van der Waals surface area contributed by atoms with Crippen LogP contribution in [-0.4, -0.2) is 24.9 Å². The van der Waals surface area contributed by atoms with Crippen LogP contribution in [0.25, 0.3) is 0 Å². The van der Waals surface area contributed by atoms with Crippen LogP contribution in [0.15, 0.2) is 55.8 Å². The molecule has 0 saturated carbocycles. The van der Waals surface area contributed by atoms with Crippen molar-refractivity contribution in [2.24, 2.45) is 0 Å². The van der Waals surface area contributed by atoms with E-state index < -0.39 is 33.3 Å². The van der Waals surface area contributed by atoms with E-state index in [0.717, 1.165) is 12.4 Å². The summed E-state index contributed by atoms with van der Waals surface area (Å²) >= 11 is 0. The van der Waals surface area contributed by atoms with E-state index in [0.29, 0.717) is 5.56 Å². The quantitative estimate of drug-likeness (QED) is 0.362. The molecule has 0 atom stereocenters. The second kappa shape index (κ2) is 6.47. The van der Waals surface area contributed by atoms with Crippen molar-refractivity contribution in [3.63, 3.8) is 0 Å². The van der Waals surface area contributed by atoms with Gasteiger partial charge in [0.15, 0.2) is 0 Å². The van der Waals surface area contributed by atoms with Crippen LogP contribution in [0, 0.1) is 10.1 Å². The number of hydrogen-bond acceptors (Lipinski definition) is 6. The van der Waals surface area contributed by atoms with Gasteiger partial charge in [-0.05, 0) is 5.56 Å². The molecule has 0 radical (unpaired) electrons. The number of nitrogens with zero attached hydrogens (tertiary/aromatic N) is 1. The predicted octanol–water partition coefficient (Wildman–Crippen LogP) is -0.472. The molecule has 3 rings (SSSR count). The lowest BCUT2D eigenvalue weighted by molar-refractivity contribution is -0.384. The van der Waals surface area contributed by atoms with Crippen molar-refractivity contribution in [1.29, 1.82) is 0 Å². The molecule has 0 aliphatic rings. The monoisotopic (exact) mass is 357 g/mol. The van der Waals surface area contributed by atoms with E-state index in [2.05, 4.69) is 19.9 Å². The van der Waals surface area contributed by atoms with Crippen molar-refractivity contribution in [1.82, 2.24) is 19.9 Å². The summed E-state index contributed by atoms with van der Waals surface area (Å²) in [5.74, 6) is -0.975. The first kappa shape index (κ1) is 16.8. The standard InChI is InChI=1S/C15H11N5O6/c21-12-9(5-16-14(23)18-12)11(10-6-17-15(24)19-13(10)22)7-1-3-8(4-2-7)20(25)26/h1-6,11H,(H2,16,18,21,23)(H2,17,19,22,24). The van der Waals surface area contributed by atoms with Gasteiger partial charge in [-0.1, -0.05) is 12.1 Å². The fraction of sp³-hybridized carbons (Fsp3) is 0.0667. The van der Waals surface area contributed by atoms with Crippen LogP contribution in [0.2, 0.25) is 0 Å². The summed E-state index contributed by atoms with van der Waals surface area (Å²) in [4.78, 5) is 66.0. The van der Waals surface area contributed by atoms with E-state index in [9.17, 15) is 29.3 Å². The summed E-state index contributed by atoms with van der Waals surface area (Å²) in [5, 5.41) is 10.8. The Kier molecular flexibility index (Phi) is 4.19. The van der Waals surface area contributed by atoms with Gasteiger partial charge < -0.3 is 9.97 Å². The van der Waals surface area contributed by atoms with Gasteiger partial charge in [0.25, 0.3) is 16.8 Å². The van der Waals surface area contributed by atoms with E-state index in [1.807, 2.05) is 0 Å². The van der Waals surface area contributed by atoms with Crippen LogP contribution in [0.3, 0.4) is 0 Å². The van der Waals surface area contributed by atoms with E-state index >= 15 is 0 Å². The average molecular weight is 357 g/mol. The second-order valence-corrected chi connectivity index (χ2v) is 5.34. The largest absolute Gasteiger partial charge is 0.325 e. The molecular formula is C15H11N5O6. The summed E-state index contributed by atoms with van der Waals surface area (Å²) in [7, 11) is 0. The number of benzene rings is 1. The number of aromatic nitrogens is 4. The molecule has 26 heavy (non-hydrogen) atoms. The van der Waals surface area contributed by atoms with Gasteiger partial charge in [0.2, 0.25) is 0 Å². The Morgan fingerprint density at radius 2 is 1.27 bits per heavy atom. The highest BCUT2D eigenvalue weighted by atomic mass is 16.6. The molecule has 0 unspecified atom stereocenters.